The van der Waals surface area contributed by atoms with Crippen molar-refractivity contribution in [3.05, 3.63) is 70.8 Å². The molecule has 2 atom stereocenters. The fourth-order valence-electron chi connectivity index (χ4n) is 2.19. The van der Waals surface area contributed by atoms with Gasteiger partial charge in [0.05, 0.1) is 6.10 Å². The van der Waals surface area contributed by atoms with Crippen molar-refractivity contribution in [3.63, 3.8) is 0 Å². The number of benzene rings is 2. The minimum Gasteiger partial charge on any atom is -0.388 e. The summed E-state index contributed by atoms with van der Waals surface area (Å²) in [6, 6.07) is 11.0. The third-order valence-corrected chi connectivity index (χ3v) is 3.43. The van der Waals surface area contributed by atoms with Crippen LogP contribution in [0.5, 0.6) is 0 Å². The number of aliphatic hydroxyl groups is 1. The second-order valence-electron chi connectivity index (χ2n) is 4.87. The molecule has 0 radical (unpaired) electrons. The van der Waals surface area contributed by atoms with Gasteiger partial charge in [-0.2, -0.15) is 0 Å². The van der Waals surface area contributed by atoms with Gasteiger partial charge in [-0.25, -0.2) is 8.78 Å². The van der Waals surface area contributed by atoms with E-state index in [2.05, 4.69) is 0 Å². The summed E-state index contributed by atoms with van der Waals surface area (Å²) in [7, 11) is 0. The molecule has 0 aliphatic rings. The van der Waals surface area contributed by atoms with E-state index in [0.29, 0.717) is 5.56 Å². The van der Waals surface area contributed by atoms with Crippen LogP contribution in [0.3, 0.4) is 0 Å². The maximum Gasteiger partial charge on any atom is 0.159 e. The first-order valence-corrected chi connectivity index (χ1v) is 6.42. The highest BCUT2D eigenvalue weighted by Crippen LogP contribution is 2.30. The molecule has 0 saturated carbocycles. The van der Waals surface area contributed by atoms with Crippen molar-refractivity contribution >= 4 is 0 Å². The van der Waals surface area contributed by atoms with Gasteiger partial charge in [0, 0.05) is 12.5 Å². The summed E-state index contributed by atoms with van der Waals surface area (Å²) in [6.45, 7) is 2.18. The van der Waals surface area contributed by atoms with E-state index in [9.17, 15) is 13.9 Å². The van der Waals surface area contributed by atoms with Crippen LogP contribution in [0.25, 0.3) is 0 Å². The molecule has 0 amide bonds. The Bertz CT molecular complexity index is 584. The predicted octanol–water partition coefficient (Wildman–Crippen LogP) is 3.05. The Hall–Kier alpha value is -1.78. The molecule has 2 rings (SSSR count). The average Bonchev–Trinajstić information content (AvgIpc) is 2.44. The number of nitrogens with two attached hydrogens (primary N) is 1. The van der Waals surface area contributed by atoms with Crippen molar-refractivity contribution in [1.82, 2.24) is 0 Å². The van der Waals surface area contributed by atoms with Crippen LogP contribution in [0.15, 0.2) is 42.5 Å². The lowest BCUT2D eigenvalue weighted by molar-refractivity contribution is 0.147. The zero-order valence-electron chi connectivity index (χ0n) is 11.2. The van der Waals surface area contributed by atoms with E-state index < -0.39 is 17.7 Å². The maximum atomic E-state index is 13.2. The Morgan fingerprint density at radius 3 is 2.15 bits per heavy atom. The molecule has 0 saturated heterocycles. The van der Waals surface area contributed by atoms with Crippen LogP contribution in [0.1, 0.15) is 28.7 Å². The smallest absolute Gasteiger partial charge is 0.159 e. The monoisotopic (exact) mass is 277 g/mol. The highest BCUT2D eigenvalue weighted by molar-refractivity contribution is 5.29. The Morgan fingerprint density at radius 1 is 1.00 bits per heavy atom. The molecule has 0 aliphatic heterocycles. The molecule has 2 aromatic rings. The maximum absolute atomic E-state index is 13.2. The second kappa shape index (κ2) is 6.11. The third-order valence-electron chi connectivity index (χ3n) is 3.43. The molecule has 2 aromatic carbocycles. The van der Waals surface area contributed by atoms with E-state index >= 15 is 0 Å². The molecule has 0 heterocycles. The van der Waals surface area contributed by atoms with Crippen LogP contribution in [0, 0.1) is 18.6 Å². The topological polar surface area (TPSA) is 46.2 Å². The lowest BCUT2D eigenvalue weighted by atomic mass is 9.89. The van der Waals surface area contributed by atoms with Gasteiger partial charge in [0.15, 0.2) is 11.6 Å². The zero-order chi connectivity index (χ0) is 14.7. The van der Waals surface area contributed by atoms with Crippen LogP contribution in [-0.2, 0) is 0 Å². The number of aliphatic hydroxyl groups excluding tert-OH is 1. The molecular formula is C16H17F2NO. The molecule has 20 heavy (non-hydrogen) atoms. The number of halogens is 2. The number of hydrogen-bond acceptors (Lipinski definition) is 2. The molecular weight excluding hydrogens is 260 g/mol. The lowest BCUT2D eigenvalue weighted by Gasteiger charge is -2.22. The van der Waals surface area contributed by atoms with E-state index in [0.717, 1.165) is 23.3 Å². The Kier molecular flexibility index (Phi) is 4.47. The van der Waals surface area contributed by atoms with E-state index in [1.54, 1.807) is 0 Å². The molecule has 3 N–H and O–H groups in total. The minimum absolute atomic E-state index is 0.212. The molecule has 0 aromatic heterocycles. The van der Waals surface area contributed by atoms with Crippen LogP contribution < -0.4 is 5.73 Å². The van der Waals surface area contributed by atoms with E-state index in [-0.39, 0.29) is 12.5 Å². The normalized spacial score (nSPS) is 14.1. The van der Waals surface area contributed by atoms with E-state index in [1.165, 1.54) is 6.07 Å². The first-order chi connectivity index (χ1) is 9.52. The predicted molar refractivity (Wildman–Crippen MR) is 74.3 cm³/mol. The summed E-state index contributed by atoms with van der Waals surface area (Å²) in [5, 5.41) is 10.3. The van der Waals surface area contributed by atoms with Gasteiger partial charge >= 0.3 is 0 Å². The van der Waals surface area contributed by atoms with Gasteiger partial charge in [0.25, 0.3) is 0 Å². The van der Waals surface area contributed by atoms with Crippen LogP contribution in [-0.4, -0.2) is 11.7 Å². The van der Waals surface area contributed by atoms with Gasteiger partial charge < -0.3 is 10.8 Å². The van der Waals surface area contributed by atoms with Crippen molar-refractivity contribution in [2.24, 2.45) is 5.73 Å². The van der Waals surface area contributed by atoms with Gasteiger partial charge in [0.1, 0.15) is 0 Å². The van der Waals surface area contributed by atoms with Crippen molar-refractivity contribution in [3.8, 4) is 0 Å². The first kappa shape index (κ1) is 14.6. The quantitative estimate of drug-likeness (QED) is 0.902. The molecule has 4 heteroatoms. The van der Waals surface area contributed by atoms with Crippen LogP contribution >= 0.6 is 0 Å². The van der Waals surface area contributed by atoms with Gasteiger partial charge in [-0.1, -0.05) is 35.9 Å². The van der Waals surface area contributed by atoms with Crippen LogP contribution in [0.4, 0.5) is 8.78 Å². The fraction of sp³-hybridized carbons (Fsp3) is 0.250. The van der Waals surface area contributed by atoms with Crippen LogP contribution in [0.2, 0.25) is 0 Å². The molecule has 0 bridgehead atoms. The van der Waals surface area contributed by atoms with E-state index in [4.69, 9.17) is 5.73 Å². The fourth-order valence-corrected chi connectivity index (χ4v) is 2.19. The Morgan fingerprint density at radius 2 is 1.60 bits per heavy atom. The first-order valence-electron chi connectivity index (χ1n) is 6.42. The summed E-state index contributed by atoms with van der Waals surface area (Å²) in [5.41, 5.74) is 8.01. The molecule has 2 unspecified atom stereocenters. The molecule has 0 aliphatic carbocycles. The number of rotatable bonds is 4. The molecule has 106 valence electrons. The molecule has 0 spiro atoms. The third kappa shape index (κ3) is 3.03. The van der Waals surface area contributed by atoms with E-state index in [1.807, 2.05) is 31.2 Å². The largest absolute Gasteiger partial charge is 0.388 e. The van der Waals surface area contributed by atoms with Gasteiger partial charge in [-0.15, -0.1) is 0 Å². The van der Waals surface area contributed by atoms with Crippen molar-refractivity contribution in [2.75, 3.05) is 6.54 Å². The Balaban J connectivity index is 2.30. The van der Waals surface area contributed by atoms with Crippen molar-refractivity contribution < 1.29 is 13.9 Å². The molecule has 0 fully saturated rings. The minimum atomic E-state index is -0.974. The summed E-state index contributed by atoms with van der Waals surface area (Å²) >= 11 is 0. The van der Waals surface area contributed by atoms with Gasteiger partial charge in [-0.05, 0) is 30.2 Å². The van der Waals surface area contributed by atoms with Gasteiger partial charge in [0.2, 0.25) is 0 Å². The zero-order valence-corrected chi connectivity index (χ0v) is 11.2. The summed E-state index contributed by atoms with van der Waals surface area (Å²) < 4.78 is 26.2. The average molecular weight is 277 g/mol. The standard InChI is InChI=1S/C16H17F2NO/c1-10-2-4-11(5-3-10)13(9-19)16(20)12-6-7-14(17)15(18)8-12/h2-8,13,16,20H,9,19H2,1H3. The van der Waals surface area contributed by atoms with Crippen molar-refractivity contribution in [1.29, 1.82) is 0 Å². The summed E-state index contributed by atoms with van der Waals surface area (Å²) in [6.07, 6.45) is -0.974. The number of hydrogen-bond donors (Lipinski definition) is 2. The molecule has 2 nitrogen and oxygen atoms in total. The summed E-state index contributed by atoms with van der Waals surface area (Å²) in [4.78, 5) is 0. The second-order valence-corrected chi connectivity index (χ2v) is 4.87. The Labute approximate surface area is 116 Å². The van der Waals surface area contributed by atoms with Gasteiger partial charge in [-0.3, -0.25) is 0 Å². The summed E-state index contributed by atoms with van der Waals surface area (Å²) in [5.74, 6) is -2.26. The highest BCUT2D eigenvalue weighted by atomic mass is 19.2. The highest BCUT2D eigenvalue weighted by Gasteiger charge is 2.22. The number of aryl methyl sites for hydroxylation is 1. The SMILES string of the molecule is Cc1ccc(C(CN)C(O)c2ccc(F)c(F)c2)cc1. The lowest BCUT2D eigenvalue weighted by Crippen LogP contribution is -2.20. The van der Waals surface area contributed by atoms with Crippen molar-refractivity contribution in [2.45, 2.75) is 18.9 Å².